The number of fused-ring (bicyclic) bond motifs is 1. The molecular weight excluding hydrogens is 492 g/mol. The number of methoxy groups -OCH3 is 2. The van der Waals surface area contributed by atoms with Crippen molar-refractivity contribution in [3.8, 4) is 0 Å². The lowest BCUT2D eigenvalue weighted by Crippen LogP contribution is -2.63. The fourth-order valence-electron chi connectivity index (χ4n) is 5.43. The Bertz CT molecular complexity index is 881. The largest absolute Gasteiger partial charge is 0.461 e. The minimum atomic E-state index is -2.21. The number of ether oxygens (including phenoxy) is 5. The second-order valence-corrected chi connectivity index (χ2v) is 17.0. The van der Waals surface area contributed by atoms with Crippen molar-refractivity contribution in [3.63, 3.8) is 0 Å². The molecule has 0 spiro atoms. The average Bonchev–Trinajstić information content (AvgIpc) is 3.19. The molecule has 4 atom stereocenters. The second-order valence-electron chi connectivity index (χ2n) is 12.2. The minimum Gasteiger partial charge on any atom is -0.461 e. The lowest BCUT2D eigenvalue weighted by molar-refractivity contribution is -0.201. The molecule has 0 heterocycles. The van der Waals surface area contributed by atoms with Crippen molar-refractivity contribution >= 4 is 20.1 Å². The first-order chi connectivity index (χ1) is 17.3. The summed E-state index contributed by atoms with van der Waals surface area (Å²) in [5, 5.41) is -0.00552. The normalized spacial score (nSPS) is 30.8. The van der Waals surface area contributed by atoms with E-state index in [1.165, 1.54) is 0 Å². The van der Waals surface area contributed by atoms with Crippen LogP contribution in [-0.2, 0) is 37.7 Å². The molecule has 0 aromatic heterocycles. The van der Waals surface area contributed by atoms with Gasteiger partial charge < -0.3 is 28.1 Å². The molecule has 0 saturated heterocycles. The zero-order chi connectivity index (χ0) is 27.5. The van der Waals surface area contributed by atoms with E-state index in [4.69, 9.17) is 28.1 Å². The molecule has 0 aromatic carbocycles. The Kier molecular flexibility index (Phi) is 9.62. The number of carbonyl (C=O) groups is 2. The van der Waals surface area contributed by atoms with Crippen molar-refractivity contribution in [3.05, 3.63) is 23.8 Å². The first-order valence-electron chi connectivity index (χ1n) is 13.3. The van der Waals surface area contributed by atoms with Crippen molar-refractivity contribution in [1.82, 2.24) is 0 Å². The Labute approximate surface area is 223 Å². The highest BCUT2D eigenvalue weighted by Gasteiger charge is 2.63. The van der Waals surface area contributed by atoms with E-state index in [-0.39, 0.29) is 49.0 Å². The minimum absolute atomic E-state index is 0.00552. The predicted octanol–water partition coefficient (Wildman–Crippen LogP) is 4.93. The summed E-state index contributed by atoms with van der Waals surface area (Å²) in [5.41, 5.74) is -0.590. The number of hydrogen-bond acceptors (Lipinski definition) is 8. The second kappa shape index (κ2) is 11.8. The molecule has 0 unspecified atom stereocenters. The third-order valence-electron chi connectivity index (χ3n) is 8.79. The van der Waals surface area contributed by atoms with Crippen LogP contribution in [0.25, 0.3) is 0 Å². The summed E-state index contributed by atoms with van der Waals surface area (Å²) in [5.74, 6) is -0.303. The number of Topliss-reactive ketones (excluding diaryl/α,β-unsaturated/α-hetero) is 1. The van der Waals surface area contributed by atoms with Gasteiger partial charge in [-0.2, -0.15) is 0 Å². The van der Waals surface area contributed by atoms with Crippen molar-refractivity contribution in [2.45, 2.75) is 95.7 Å². The van der Waals surface area contributed by atoms with Gasteiger partial charge in [0, 0.05) is 32.5 Å². The molecule has 0 amide bonds. The van der Waals surface area contributed by atoms with Crippen LogP contribution in [0.2, 0.25) is 18.1 Å². The van der Waals surface area contributed by atoms with Gasteiger partial charge in [0.15, 0.2) is 8.32 Å². The van der Waals surface area contributed by atoms with E-state index in [9.17, 15) is 9.59 Å². The van der Waals surface area contributed by atoms with E-state index in [1.54, 1.807) is 14.2 Å². The lowest BCUT2D eigenvalue weighted by Gasteiger charge is -2.55. The Hall–Kier alpha value is -1.36. The maximum Gasteiger partial charge on any atom is 0.309 e. The molecule has 3 rings (SSSR count). The summed E-state index contributed by atoms with van der Waals surface area (Å²) in [7, 11) is 0.978. The van der Waals surface area contributed by atoms with Crippen LogP contribution in [0.1, 0.15) is 59.8 Å². The lowest BCUT2D eigenvalue weighted by atomic mass is 9.63. The Morgan fingerprint density at radius 1 is 1.11 bits per heavy atom. The molecule has 1 fully saturated rings. The van der Waals surface area contributed by atoms with Crippen molar-refractivity contribution in [2.24, 2.45) is 11.3 Å². The van der Waals surface area contributed by atoms with Crippen LogP contribution in [0.15, 0.2) is 23.8 Å². The highest BCUT2D eigenvalue weighted by molar-refractivity contribution is 6.74. The monoisotopic (exact) mass is 538 g/mol. The number of esters is 1. The zero-order valence-electron chi connectivity index (χ0n) is 23.9. The van der Waals surface area contributed by atoms with Gasteiger partial charge in [-0.3, -0.25) is 9.59 Å². The van der Waals surface area contributed by atoms with Crippen LogP contribution >= 0.6 is 0 Å². The van der Waals surface area contributed by atoms with Gasteiger partial charge in [0.25, 0.3) is 0 Å². The maximum atomic E-state index is 12.9. The topological polar surface area (TPSA) is 89.5 Å². The molecule has 0 radical (unpaired) electrons. The summed E-state index contributed by atoms with van der Waals surface area (Å²) in [6.07, 6.45) is 8.05. The molecule has 0 bridgehead atoms. The van der Waals surface area contributed by atoms with E-state index in [1.807, 2.05) is 6.08 Å². The van der Waals surface area contributed by atoms with E-state index in [2.05, 4.69) is 52.9 Å². The molecule has 3 aliphatic carbocycles. The van der Waals surface area contributed by atoms with Crippen LogP contribution in [0.4, 0.5) is 0 Å². The van der Waals surface area contributed by atoms with Crippen LogP contribution in [-0.4, -0.2) is 72.3 Å². The van der Waals surface area contributed by atoms with Gasteiger partial charge in [-0.05, 0) is 49.0 Å². The highest BCUT2D eigenvalue weighted by atomic mass is 28.4. The Morgan fingerprint density at radius 3 is 2.35 bits per heavy atom. The summed E-state index contributed by atoms with van der Waals surface area (Å²) < 4.78 is 36.2. The van der Waals surface area contributed by atoms with Gasteiger partial charge >= 0.3 is 5.97 Å². The Morgan fingerprint density at radius 2 is 1.76 bits per heavy atom. The van der Waals surface area contributed by atoms with Gasteiger partial charge in [-0.25, -0.2) is 0 Å². The van der Waals surface area contributed by atoms with E-state index in [0.29, 0.717) is 32.1 Å². The summed E-state index contributed by atoms with van der Waals surface area (Å²) in [6.45, 7) is 13.5. The third-order valence-corrected chi connectivity index (χ3v) is 13.2. The molecule has 210 valence electrons. The smallest absolute Gasteiger partial charge is 0.309 e. The fraction of sp³-hybridized carbons (Fsp3) is 0.786. The summed E-state index contributed by atoms with van der Waals surface area (Å²) in [6, 6.07) is 0. The SMILES string of the molecule is COCO[C@@H]1C=C(COC(=O)C2CCC(=O)CC2)[C@@]2(OCOC)CC=C[C@]2(C)[C@H]1O[Si](C)(C)C(C)(C)C. The van der Waals surface area contributed by atoms with E-state index in [0.717, 1.165) is 5.57 Å². The predicted molar refractivity (Wildman–Crippen MR) is 142 cm³/mol. The fourth-order valence-corrected chi connectivity index (χ4v) is 6.79. The molecule has 37 heavy (non-hydrogen) atoms. The first-order valence-corrected chi connectivity index (χ1v) is 16.2. The van der Waals surface area contributed by atoms with Crippen molar-refractivity contribution in [1.29, 1.82) is 0 Å². The molecule has 1 saturated carbocycles. The van der Waals surface area contributed by atoms with E-state index < -0.39 is 25.4 Å². The quantitative estimate of drug-likeness (QED) is 0.158. The number of ketones is 1. The third kappa shape index (κ3) is 6.12. The van der Waals surface area contributed by atoms with Crippen LogP contribution in [0.3, 0.4) is 0 Å². The van der Waals surface area contributed by atoms with Crippen LogP contribution < -0.4 is 0 Å². The first kappa shape index (κ1) is 30.2. The highest BCUT2D eigenvalue weighted by Crippen LogP contribution is 2.57. The molecule has 0 aromatic rings. The molecular formula is C28H46O8Si. The van der Waals surface area contributed by atoms with Gasteiger partial charge in [-0.15, -0.1) is 0 Å². The van der Waals surface area contributed by atoms with Gasteiger partial charge in [-0.1, -0.05) is 39.8 Å². The summed E-state index contributed by atoms with van der Waals surface area (Å²) >= 11 is 0. The van der Waals surface area contributed by atoms with Crippen LogP contribution in [0, 0.1) is 11.3 Å². The standard InChI is InChI=1S/C28H46O8Si/c1-26(2,3)37(7,8)36-24-23(34-18-31-5)16-21(17-33-25(30)20-10-12-22(29)13-11-20)28(35-19-32-6)15-9-14-27(24,28)4/h9,14,16,20,23-24H,10-13,15,17-19H2,1-8H3/t23-,24+,27-,28+/m1/s1. The van der Waals surface area contributed by atoms with Crippen LogP contribution in [0.5, 0.6) is 0 Å². The van der Waals surface area contributed by atoms with Crippen molar-refractivity contribution < 1.29 is 37.7 Å². The van der Waals surface area contributed by atoms with Gasteiger partial charge in [0.05, 0.1) is 12.0 Å². The van der Waals surface area contributed by atoms with Crippen molar-refractivity contribution in [2.75, 3.05) is 34.4 Å². The number of hydrogen-bond donors (Lipinski definition) is 0. The average molecular weight is 539 g/mol. The van der Waals surface area contributed by atoms with Gasteiger partial charge in [0.2, 0.25) is 0 Å². The molecule has 9 heteroatoms. The number of carbonyl (C=O) groups excluding carboxylic acids is 2. The molecule has 0 aliphatic heterocycles. The number of rotatable bonds is 11. The maximum absolute atomic E-state index is 12.9. The molecule has 0 N–H and O–H groups in total. The van der Waals surface area contributed by atoms with E-state index >= 15 is 0 Å². The van der Waals surface area contributed by atoms with Gasteiger partial charge in [0.1, 0.15) is 37.7 Å². The molecule has 8 nitrogen and oxygen atoms in total. The summed E-state index contributed by atoms with van der Waals surface area (Å²) in [4.78, 5) is 24.6. The zero-order valence-corrected chi connectivity index (χ0v) is 24.9. The Balaban J connectivity index is 1.97. The molecule has 3 aliphatic rings.